The lowest BCUT2D eigenvalue weighted by molar-refractivity contribution is -0.116. The van der Waals surface area contributed by atoms with Gasteiger partial charge in [-0.15, -0.1) is 0 Å². The molecule has 3 aromatic rings. The van der Waals surface area contributed by atoms with Gasteiger partial charge in [-0.2, -0.15) is 19.6 Å². The van der Waals surface area contributed by atoms with Crippen LogP contribution in [0.1, 0.15) is 24.0 Å². The normalized spacial score (nSPS) is 18.4. The number of aliphatic hydroxyl groups excluding tert-OH is 1. The molecule has 1 unspecified atom stereocenters. The van der Waals surface area contributed by atoms with Crippen LogP contribution in [0.5, 0.6) is 6.01 Å². The zero-order chi connectivity index (χ0) is 20.7. The first-order chi connectivity index (χ1) is 14.5. The molecule has 11 heteroatoms. The highest BCUT2D eigenvalue weighted by Gasteiger charge is 2.27. The Morgan fingerprint density at radius 1 is 1.33 bits per heavy atom. The van der Waals surface area contributed by atoms with Crippen LogP contribution >= 0.6 is 11.6 Å². The maximum Gasteiger partial charge on any atom is 0.322 e. The number of halogens is 1. The third-order valence-electron chi connectivity index (χ3n) is 4.75. The molecule has 30 heavy (non-hydrogen) atoms. The number of aromatic nitrogens is 4. The second-order valence-electron chi connectivity index (χ2n) is 7.17. The van der Waals surface area contributed by atoms with Crippen molar-refractivity contribution in [2.75, 3.05) is 5.32 Å². The van der Waals surface area contributed by atoms with Crippen LogP contribution in [-0.4, -0.2) is 48.7 Å². The van der Waals surface area contributed by atoms with Gasteiger partial charge in [-0.25, -0.2) is 4.99 Å². The highest BCUT2D eigenvalue weighted by atomic mass is 35.5. The van der Waals surface area contributed by atoms with Crippen LogP contribution < -0.4 is 15.4 Å². The van der Waals surface area contributed by atoms with E-state index >= 15 is 0 Å². The van der Waals surface area contributed by atoms with E-state index in [1.165, 1.54) is 0 Å². The summed E-state index contributed by atoms with van der Waals surface area (Å²) >= 11 is 6.03. The molecule has 1 aliphatic heterocycles. The van der Waals surface area contributed by atoms with Crippen molar-refractivity contribution in [2.45, 2.75) is 38.3 Å². The summed E-state index contributed by atoms with van der Waals surface area (Å²) in [6, 6.07) is 7.89. The Labute approximate surface area is 176 Å². The number of aliphatic imine (C=N–C) groups is 1. The predicted octanol–water partition coefficient (Wildman–Crippen LogP) is 1.32. The summed E-state index contributed by atoms with van der Waals surface area (Å²) in [6.45, 7) is 0.254. The molecule has 1 fully saturated rings. The number of hydrogen-bond acceptors (Lipinski definition) is 8. The zero-order valence-electron chi connectivity index (χ0n) is 15.7. The van der Waals surface area contributed by atoms with E-state index in [1.54, 1.807) is 16.8 Å². The van der Waals surface area contributed by atoms with Gasteiger partial charge >= 0.3 is 6.01 Å². The van der Waals surface area contributed by atoms with E-state index in [4.69, 9.17) is 16.3 Å². The van der Waals surface area contributed by atoms with Gasteiger partial charge in [-0.3, -0.25) is 4.79 Å². The maximum absolute atomic E-state index is 11.9. The number of amides is 1. The molecule has 0 bridgehead atoms. The standard InChI is InChI=1S/C19H18ClN7O3/c20-12-3-1-2-10(6-12)9-30-19-24-15-11(7-14-16(28)25-18(29)23-14)8-21-27(15)17(26-19)22-13-4-5-13/h1-3,6,8,13,18,29H,4-5,7,9H2,(H,25,28)(H,22,24,26). The Balaban J connectivity index is 1.46. The number of anilines is 1. The number of carbonyl (C=O) groups is 1. The Bertz CT molecular complexity index is 1160. The minimum Gasteiger partial charge on any atom is -0.458 e. The summed E-state index contributed by atoms with van der Waals surface area (Å²) in [6.07, 6.45) is 2.71. The van der Waals surface area contributed by atoms with Gasteiger partial charge in [0, 0.05) is 23.0 Å². The fraction of sp³-hybridized carbons (Fsp3) is 0.316. The lowest BCUT2D eigenvalue weighted by atomic mass is 10.1. The highest BCUT2D eigenvalue weighted by Crippen LogP contribution is 2.26. The van der Waals surface area contributed by atoms with Crippen LogP contribution in [0.2, 0.25) is 5.02 Å². The average molecular weight is 428 g/mol. The number of benzene rings is 1. The molecule has 2 aromatic heterocycles. The molecule has 1 amide bonds. The second-order valence-corrected chi connectivity index (χ2v) is 7.61. The number of fused-ring (bicyclic) bond motifs is 1. The number of nitrogens with zero attached hydrogens (tertiary/aromatic N) is 5. The highest BCUT2D eigenvalue weighted by molar-refractivity contribution is 6.40. The van der Waals surface area contributed by atoms with E-state index in [-0.39, 0.29) is 24.7 Å². The number of nitrogens with one attached hydrogen (secondary N) is 2. The molecule has 0 spiro atoms. The van der Waals surface area contributed by atoms with Gasteiger partial charge in [0.25, 0.3) is 5.91 Å². The van der Waals surface area contributed by atoms with Crippen LogP contribution in [0.25, 0.3) is 5.65 Å². The van der Waals surface area contributed by atoms with Gasteiger partial charge in [0.2, 0.25) is 12.3 Å². The average Bonchev–Trinajstić information content (AvgIpc) is 3.35. The van der Waals surface area contributed by atoms with Crippen molar-refractivity contribution >= 4 is 34.8 Å². The van der Waals surface area contributed by atoms with E-state index in [1.807, 2.05) is 18.2 Å². The molecule has 5 rings (SSSR count). The lowest BCUT2D eigenvalue weighted by Gasteiger charge is -2.10. The van der Waals surface area contributed by atoms with Crippen molar-refractivity contribution in [1.82, 2.24) is 24.9 Å². The van der Waals surface area contributed by atoms with Gasteiger partial charge in [0.1, 0.15) is 12.3 Å². The minimum atomic E-state index is -1.22. The number of carbonyl (C=O) groups excluding carboxylic acids is 1. The van der Waals surface area contributed by atoms with Crippen molar-refractivity contribution in [3.63, 3.8) is 0 Å². The van der Waals surface area contributed by atoms with Gasteiger partial charge in [0.05, 0.1) is 6.20 Å². The molecule has 1 atom stereocenters. The largest absolute Gasteiger partial charge is 0.458 e. The van der Waals surface area contributed by atoms with Crippen molar-refractivity contribution in [3.05, 3.63) is 46.6 Å². The molecular formula is C19H18ClN7O3. The summed E-state index contributed by atoms with van der Waals surface area (Å²) in [5.41, 5.74) is 2.29. The summed E-state index contributed by atoms with van der Waals surface area (Å²) in [5, 5.41) is 20.1. The molecule has 1 saturated carbocycles. The van der Waals surface area contributed by atoms with Crippen LogP contribution in [-0.2, 0) is 17.8 Å². The Hall–Kier alpha value is -3.24. The van der Waals surface area contributed by atoms with Crippen molar-refractivity contribution in [2.24, 2.45) is 4.99 Å². The molecule has 10 nitrogen and oxygen atoms in total. The number of aliphatic hydroxyl groups is 1. The number of hydrogen-bond donors (Lipinski definition) is 3. The molecule has 3 N–H and O–H groups in total. The van der Waals surface area contributed by atoms with E-state index in [2.05, 4.69) is 30.7 Å². The van der Waals surface area contributed by atoms with Crippen molar-refractivity contribution < 1.29 is 14.6 Å². The molecular weight excluding hydrogens is 410 g/mol. The van der Waals surface area contributed by atoms with Crippen LogP contribution in [0.3, 0.4) is 0 Å². The van der Waals surface area contributed by atoms with E-state index in [9.17, 15) is 9.90 Å². The third-order valence-corrected chi connectivity index (χ3v) is 4.98. The smallest absolute Gasteiger partial charge is 0.322 e. The van der Waals surface area contributed by atoms with Gasteiger partial charge in [0.15, 0.2) is 5.65 Å². The molecule has 0 radical (unpaired) electrons. The molecule has 1 aliphatic carbocycles. The Morgan fingerprint density at radius 3 is 2.93 bits per heavy atom. The zero-order valence-corrected chi connectivity index (χ0v) is 16.5. The van der Waals surface area contributed by atoms with Gasteiger partial charge in [-0.1, -0.05) is 23.7 Å². The topological polar surface area (TPSA) is 126 Å². The van der Waals surface area contributed by atoms with Crippen LogP contribution in [0.4, 0.5) is 5.95 Å². The van der Waals surface area contributed by atoms with E-state index in [0.717, 1.165) is 18.4 Å². The first-order valence-electron chi connectivity index (χ1n) is 9.49. The fourth-order valence-electron chi connectivity index (χ4n) is 3.12. The summed E-state index contributed by atoms with van der Waals surface area (Å²) in [5.74, 6) is 0.109. The summed E-state index contributed by atoms with van der Waals surface area (Å²) in [4.78, 5) is 24.8. The number of ether oxygens (including phenoxy) is 1. The third kappa shape index (κ3) is 3.91. The van der Waals surface area contributed by atoms with Gasteiger partial charge < -0.3 is 20.5 Å². The first kappa shape index (κ1) is 18.8. The quantitative estimate of drug-likeness (QED) is 0.519. The van der Waals surface area contributed by atoms with Crippen molar-refractivity contribution in [3.8, 4) is 6.01 Å². The predicted molar refractivity (Wildman–Crippen MR) is 108 cm³/mol. The summed E-state index contributed by atoms with van der Waals surface area (Å²) in [7, 11) is 0. The lowest BCUT2D eigenvalue weighted by Crippen LogP contribution is -2.29. The molecule has 1 aromatic carbocycles. The molecule has 154 valence electrons. The molecule has 3 heterocycles. The molecule has 0 saturated heterocycles. The van der Waals surface area contributed by atoms with Crippen molar-refractivity contribution in [1.29, 1.82) is 0 Å². The first-order valence-corrected chi connectivity index (χ1v) is 9.87. The SMILES string of the molecule is O=C1NC(O)N=C1Cc1cnn2c(NC3CC3)nc(OCc3cccc(Cl)c3)nc12. The second kappa shape index (κ2) is 7.54. The summed E-state index contributed by atoms with van der Waals surface area (Å²) < 4.78 is 7.41. The maximum atomic E-state index is 11.9. The molecule has 2 aliphatic rings. The van der Waals surface area contributed by atoms with Crippen LogP contribution in [0.15, 0.2) is 35.5 Å². The van der Waals surface area contributed by atoms with E-state index < -0.39 is 12.3 Å². The van der Waals surface area contributed by atoms with Crippen LogP contribution in [0, 0.1) is 0 Å². The fourth-order valence-corrected chi connectivity index (χ4v) is 3.33. The Morgan fingerprint density at radius 2 is 2.20 bits per heavy atom. The monoisotopic (exact) mass is 427 g/mol. The van der Waals surface area contributed by atoms with E-state index in [0.29, 0.717) is 28.2 Å². The minimum absolute atomic E-state index is 0.181. The Kier molecular flexibility index (Phi) is 4.72. The van der Waals surface area contributed by atoms with Gasteiger partial charge in [-0.05, 0) is 30.5 Å². The number of rotatable bonds is 7.